The number of carbonyl (C=O) groups excluding carboxylic acids is 1. The van der Waals surface area contributed by atoms with Crippen molar-refractivity contribution in [1.29, 1.82) is 0 Å². The molecule has 36 heavy (non-hydrogen) atoms. The third-order valence-electron chi connectivity index (χ3n) is 6.56. The minimum Gasteiger partial charge on any atom is -0.354 e. The van der Waals surface area contributed by atoms with Gasteiger partial charge in [0.15, 0.2) is 5.78 Å². The molecule has 3 heterocycles. The predicted octanol–water partition coefficient (Wildman–Crippen LogP) is 5.26. The fourth-order valence-corrected chi connectivity index (χ4v) is 6.77. The minimum atomic E-state index is -2.86. The smallest absolute Gasteiger partial charge is 0.223 e. The number of rotatable bonds is 8. The predicted molar refractivity (Wildman–Crippen MR) is 146 cm³/mol. The third kappa shape index (κ3) is 6.76. The molecule has 0 amide bonds. The number of ketones is 1. The zero-order valence-corrected chi connectivity index (χ0v) is 23.0. The first-order chi connectivity index (χ1) is 17.0. The van der Waals surface area contributed by atoms with Gasteiger partial charge in [-0.05, 0) is 55.4 Å². The number of Topliss-reactive ketones (excluding diaryl/α,β-unsaturated/α-hetero) is 1. The van der Waals surface area contributed by atoms with Gasteiger partial charge in [0.1, 0.15) is 9.84 Å². The van der Waals surface area contributed by atoms with Crippen LogP contribution in [-0.2, 0) is 21.7 Å². The van der Waals surface area contributed by atoms with Gasteiger partial charge in [0.05, 0.1) is 27.1 Å². The largest absolute Gasteiger partial charge is 0.354 e. The highest BCUT2D eigenvalue weighted by molar-refractivity contribution is 7.91. The summed E-state index contributed by atoms with van der Waals surface area (Å²) in [6, 6.07) is 8.09. The second-order valence-electron chi connectivity index (χ2n) is 10.6. The van der Waals surface area contributed by atoms with E-state index in [4.69, 9.17) is 0 Å². The van der Waals surface area contributed by atoms with Crippen molar-refractivity contribution in [3.8, 4) is 11.3 Å². The summed E-state index contributed by atoms with van der Waals surface area (Å²) in [6.45, 7) is 9.04. The van der Waals surface area contributed by atoms with E-state index in [9.17, 15) is 13.2 Å². The monoisotopic (exact) mass is 526 g/mol. The lowest BCUT2D eigenvalue weighted by atomic mass is 9.98. The van der Waals surface area contributed by atoms with Crippen LogP contribution < -0.4 is 5.32 Å². The van der Waals surface area contributed by atoms with Gasteiger partial charge in [-0.15, -0.1) is 11.3 Å². The van der Waals surface area contributed by atoms with E-state index in [1.165, 1.54) is 11.3 Å². The lowest BCUT2D eigenvalue weighted by molar-refractivity contribution is 0.0986. The normalized spacial score (nSPS) is 16.1. The molecule has 9 heteroatoms. The summed E-state index contributed by atoms with van der Waals surface area (Å²) >= 11 is 1.49. The molecule has 1 N–H and O–H groups in total. The van der Waals surface area contributed by atoms with Gasteiger partial charge in [-0.3, -0.25) is 4.79 Å². The lowest BCUT2D eigenvalue weighted by Gasteiger charge is -2.22. The molecule has 0 radical (unpaired) electrons. The number of thiazole rings is 1. The van der Waals surface area contributed by atoms with E-state index < -0.39 is 9.84 Å². The zero-order valence-electron chi connectivity index (χ0n) is 21.4. The highest BCUT2D eigenvalue weighted by Gasteiger charge is 2.23. The maximum Gasteiger partial charge on any atom is 0.223 e. The number of nitrogens with one attached hydrogen (secondary N) is 1. The van der Waals surface area contributed by atoms with Crippen LogP contribution in [0.15, 0.2) is 36.7 Å². The third-order valence-corrected chi connectivity index (χ3v) is 9.74. The quantitative estimate of drug-likeness (QED) is 0.400. The van der Waals surface area contributed by atoms with Crippen LogP contribution in [0.5, 0.6) is 0 Å². The van der Waals surface area contributed by atoms with Gasteiger partial charge in [0, 0.05) is 36.3 Å². The number of aryl methyl sites for hydroxylation is 2. The van der Waals surface area contributed by atoms with Crippen LogP contribution in [0.1, 0.15) is 65.8 Å². The fourth-order valence-electron chi connectivity index (χ4n) is 4.24. The number of aromatic nitrogens is 3. The Kier molecular flexibility index (Phi) is 7.90. The van der Waals surface area contributed by atoms with Crippen molar-refractivity contribution in [1.82, 2.24) is 15.0 Å². The molecule has 0 aliphatic carbocycles. The van der Waals surface area contributed by atoms with Gasteiger partial charge in [0.25, 0.3) is 0 Å². The molecule has 192 valence electrons. The Balaban J connectivity index is 1.36. The maximum atomic E-state index is 12.7. The van der Waals surface area contributed by atoms with Crippen LogP contribution in [-0.4, -0.2) is 47.2 Å². The highest BCUT2D eigenvalue weighted by Crippen LogP contribution is 2.28. The van der Waals surface area contributed by atoms with Gasteiger partial charge in [-0.1, -0.05) is 32.9 Å². The molecule has 0 bridgehead atoms. The number of nitrogens with zero attached hydrogens (tertiary/aromatic N) is 3. The first kappa shape index (κ1) is 26.4. The topological polar surface area (TPSA) is 102 Å². The van der Waals surface area contributed by atoms with Crippen LogP contribution >= 0.6 is 11.3 Å². The number of hydrogen-bond donors (Lipinski definition) is 1. The van der Waals surface area contributed by atoms with E-state index in [1.54, 1.807) is 12.4 Å². The van der Waals surface area contributed by atoms with Crippen LogP contribution in [0.4, 0.5) is 5.95 Å². The fraction of sp³-hybridized carbons (Fsp3) is 0.481. The van der Waals surface area contributed by atoms with E-state index >= 15 is 0 Å². The molecule has 1 fully saturated rings. The molecule has 0 saturated carbocycles. The summed E-state index contributed by atoms with van der Waals surface area (Å²) in [5, 5.41) is 4.26. The van der Waals surface area contributed by atoms with Crippen molar-refractivity contribution in [2.24, 2.45) is 5.92 Å². The van der Waals surface area contributed by atoms with Crippen LogP contribution in [0, 0.1) is 12.8 Å². The number of sulfone groups is 1. The Morgan fingerprint density at radius 3 is 2.56 bits per heavy atom. The van der Waals surface area contributed by atoms with Crippen LogP contribution in [0.25, 0.3) is 11.3 Å². The van der Waals surface area contributed by atoms with Crippen molar-refractivity contribution in [2.45, 2.75) is 58.8 Å². The van der Waals surface area contributed by atoms with Crippen molar-refractivity contribution in [3.63, 3.8) is 0 Å². The zero-order chi connectivity index (χ0) is 25.9. The van der Waals surface area contributed by atoms with E-state index in [0.29, 0.717) is 44.1 Å². The second-order valence-corrected chi connectivity index (χ2v) is 13.9. The standard InChI is InChI=1S/C27H34N4O3S2/c1-18-15-21(6-5-20(18)7-8-23(32)24-17-29-25(35-24)27(2,3)4)22-9-12-28-26(31-22)30-16-19-10-13-36(33,34)14-11-19/h5-6,9,12,15,17,19H,7-8,10-11,13-14,16H2,1-4H3,(H,28,30,31). The Morgan fingerprint density at radius 1 is 1.14 bits per heavy atom. The van der Waals surface area contributed by atoms with Crippen molar-refractivity contribution >= 4 is 32.9 Å². The second kappa shape index (κ2) is 10.8. The van der Waals surface area contributed by atoms with Crippen LogP contribution in [0.2, 0.25) is 0 Å². The molecule has 3 aromatic rings. The van der Waals surface area contributed by atoms with E-state index in [2.05, 4.69) is 60.1 Å². The summed E-state index contributed by atoms with van der Waals surface area (Å²) in [4.78, 5) is 26.9. The summed E-state index contributed by atoms with van der Waals surface area (Å²) in [7, 11) is -2.86. The lowest BCUT2D eigenvalue weighted by Crippen LogP contribution is -2.27. The maximum absolute atomic E-state index is 12.7. The molecule has 0 unspecified atom stereocenters. The number of benzene rings is 1. The Hall–Kier alpha value is -2.65. The molecule has 1 saturated heterocycles. The Labute approximate surface area is 217 Å². The molecule has 2 aromatic heterocycles. The average molecular weight is 527 g/mol. The summed E-state index contributed by atoms with van der Waals surface area (Å²) < 4.78 is 23.3. The van der Waals surface area contributed by atoms with E-state index in [-0.39, 0.29) is 22.7 Å². The SMILES string of the molecule is Cc1cc(-c2ccnc(NCC3CCS(=O)(=O)CC3)n2)ccc1CCC(=O)c1cnc(C(C)(C)C)s1. The first-order valence-corrected chi connectivity index (χ1v) is 15.0. The highest BCUT2D eigenvalue weighted by atomic mass is 32.2. The van der Waals surface area contributed by atoms with E-state index in [1.807, 2.05) is 12.1 Å². The minimum absolute atomic E-state index is 0.0505. The molecule has 1 aliphatic rings. The number of carbonyl (C=O) groups is 1. The summed E-state index contributed by atoms with van der Waals surface area (Å²) in [6.07, 6.45) is 5.94. The Morgan fingerprint density at radius 2 is 1.89 bits per heavy atom. The molecular formula is C27H34N4O3S2. The van der Waals surface area contributed by atoms with Gasteiger partial charge in [0.2, 0.25) is 5.95 Å². The van der Waals surface area contributed by atoms with Gasteiger partial charge < -0.3 is 5.32 Å². The van der Waals surface area contributed by atoms with Gasteiger partial charge in [-0.25, -0.2) is 23.4 Å². The van der Waals surface area contributed by atoms with Crippen LogP contribution in [0.3, 0.4) is 0 Å². The first-order valence-electron chi connectivity index (χ1n) is 12.4. The van der Waals surface area contributed by atoms with Crippen molar-refractivity contribution in [2.75, 3.05) is 23.4 Å². The number of anilines is 1. The van der Waals surface area contributed by atoms with Crippen molar-refractivity contribution < 1.29 is 13.2 Å². The summed E-state index contributed by atoms with van der Waals surface area (Å²) in [5.41, 5.74) is 4.03. The molecular weight excluding hydrogens is 492 g/mol. The molecule has 4 rings (SSSR count). The summed E-state index contributed by atoms with van der Waals surface area (Å²) in [5.74, 6) is 1.52. The van der Waals surface area contributed by atoms with Gasteiger partial charge in [-0.2, -0.15) is 0 Å². The molecule has 1 aromatic carbocycles. The Bertz CT molecular complexity index is 1330. The molecule has 0 spiro atoms. The van der Waals surface area contributed by atoms with Crippen molar-refractivity contribution in [3.05, 3.63) is 57.7 Å². The molecule has 1 aliphatic heterocycles. The van der Waals surface area contributed by atoms with Gasteiger partial charge >= 0.3 is 0 Å². The molecule has 7 nitrogen and oxygen atoms in total. The van der Waals surface area contributed by atoms with E-state index in [0.717, 1.165) is 32.3 Å². The average Bonchev–Trinajstić information content (AvgIpc) is 3.34. The molecule has 0 atom stereocenters. The number of hydrogen-bond acceptors (Lipinski definition) is 8.